The summed E-state index contributed by atoms with van der Waals surface area (Å²) in [7, 11) is 0. The summed E-state index contributed by atoms with van der Waals surface area (Å²) in [6.45, 7) is 0.562. The molecular formula is C24H18FN5O2S. The first kappa shape index (κ1) is 20.8. The fraction of sp³-hybridized carbons (Fsp3) is 0.0833. The minimum Gasteiger partial charge on any atom is -0.467 e. The Morgan fingerprint density at radius 2 is 1.94 bits per heavy atom. The zero-order valence-corrected chi connectivity index (χ0v) is 18.2. The van der Waals surface area contributed by atoms with Gasteiger partial charge in [0.15, 0.2) is 5.82 Å². The first-order chi connectivity index (χ1) is 16.2. The summed E-state index contributed by atoms with van der Waals surface area (Å²) in [5.41, 5.74) is 1.48. The molecule has 0 aliphatic carbocycles. The molecule has 5 aromatic rings. The van der Waals surface area contributed by atoms with Gasteiger partial charge in [-0.3, -0.25) is 9.78 Å². The predicted molar refractivity (Wildman–Crippen MR) is 121 cm³/mol. The number of nitrogens with zero attached hydrogens (tertiary/aromatic N) is 5. The number of amides is 1. The highest BCUT2D eigenvalue weighted by Crippen LogP contribution is 2.26. The first-order valence-corrected chi connectivity index (χ1v) is 11.0. The van der Waals surface area contributed by atoms with Crippen LogP contribution in [0.5, 0.6) is 0 Å². The Hall–Kier alpha value is -4.11. The molecule has 7 nitrogen and oxygen atoms in total. The highest BCUT2D eigenvalue weighted by molar-refractivity contribution is 7.13. The quantitative estimate of drug-likeness (QED) is 0.344. The highest BCUT2D eigenvalue weighted by Gasteiger charge is 2.25. The molecule has 0 unspecified atom stereocenters. The number of carbonyl (C=O) groups is 1. The SMILES string of the molecule is O=C(c1nc(-c2cccs2)n(-c2ccc(F)cc2)n1)N(Cc1cccnc1)Cc1ccco1. The maximum atomic E-state index is 13.6. The van der Waals surface area contributed by atoms with E-state index in [-0.39, 0.29) is 24.1 Å². The van der Waals surface area contributed by atoms with Gasteiger partial charge in [-0.2, -0.15) is 0 Å². The fourth-order valence-electron chi connectivity index (χ4n) is 3.37. The Labute approximate surface area is 192 Å². The van der Waals surface area contributed by atoms with E-state index in [2.05, 4.69) is 15.1 Å². The number of hydrogen-bond donors (Lipinski definition) is 0. The van der Waals surface area contributed by atoms with Gasteiger partial charge in [0.1, 0.15) is 11.6 Å². The van der Waals surface area contributed by atoms with E-state index in [1.165, 1.54) is 23.5 Å². The van der Waals surface area contributed by atoms with Gasteiger partial charge in [-0.05, 0) is 59.5 Å². The standard InChI is InChI=1S/C24H18FN5O2S/c25-18-7-9-19(10-8-18)30-23(21-6-3-13-33-21)27-22(28-30)24(31)29(16-20-5-2-12-32-20)15-17-4-1-11-26-14-17/h1-14H,15-16H2. The molecule has 5 rings (SSSR count). The Balaban J connectivity index is 1.53. The van der Waals surface area contributed by atoms with Crippen LogP contribution >= 0.6 is 11.3 Å². The molecule has 9 heteroatoms. The van der Waals surface area contributed by atoms with Crippen LogP contribution in [0.2, 0.25) is 0 Å². The van der Waals surface area contributed by atoms with Crippen LogP contribution in [0.1, 0.15) is 21.9 Å². The van der Waals surface area contributed by atoms with Crippen LogP contribution in [0.25, 0.3) is 16.4 Å². The number of pyridine rings is 1. The topological polar surface area (TPSA) is 77.1 Å². The van der Waals surface area contributed by atoms with Crippen LogP contribution in [-0.4, -0.2) is 30.6 Å². The lowest BCUT2D eigenvalue weighted by molar-refractivity contribution is 0.0705. The Bertz CT molecular complexity index is 1330. The van der Waals surface area contributed by atoms with E-state index in [0.717, 1.165) is 10.4 Å². The molecule has 164 valence electrons. The second kappa shape index (κ2) is 9.17. The molecule has 1 amide bonds. The van der Waals surface area contributed by atoms with Crippen molar-refractivity contribution in [2.24, 2.45) is 0 Å². The number of halogens is 1. The number of benzene rings is 1. The van der Waals surface area contributed by atoms with Crippen molar-refractivity contribution in [1.29, 1.82) is 0 Å². The van der Waals surface area contributed by atoms with Gasteiger partial charge in [0, 0.05) is 18.9 Å². The van der Waals surface area contributed by atoms with Gasteiger partial charge in [-0.25, -0.2) is 14.1 Å². The molecule has 0 fully saturated rings. The minimum atomic E-state index is -0.353. The van der Waals surface area contributed by atoms with Gasteiger partial charge >= 0.3 is 0 Å². The molecule has 0 aliphatic rings. The summed E-state index contributed by atoms with van der Waals surface area (Å²) in [4.78, 5) is 24.7. The van der Waals surface area contributed by atoms with Crippen molar-refractivity contribution in [3.05, 3.63) is 108 Å². The van der Waals surface area contributed by atoms with Crippen LogP contribution in [0, 0.1) is 5.82 Å². The van der Waals surface area contributed by atoms with Gasteiger partial charge < -0.3 is 9.32 Å². The predicted octanol–water partition coefficient (Wildman–Crippen LogP) is 4.97. The van der Waals surface area contributed by atoms with Crippen LogP contribution in [-0.2, 0) is 13.1 Å². The molecule has 0 N–H and O–H groups in total. The molecule has 0 spiro atoms. The van der Waals surface area contributed by atoms with Crippen LogP contribution in [0.15, 0.2) is 89.1 Å². The number of rotatable bonds is 7. The van der Waals surface area contributed by atoms with Crippen molar-refractivity contribution in [2.75, 3.05) is 0 Å². The van der Waals surface area contributed by atoms with E-state index < -0.39 is 0 Å². The molecule has 0 bridgehead atoms. The van der Waals surface area contributed by atoms with Gasteiger partial charge in [0.2, 0.25) is 5.82 Å². The first-order valence-electron chi connectivity index (χ1n) is 10.1. The maximum Gasteiger partial charge on any atom is 0.294 e. The van der Waals surface area contributed by atoms with Crippen LogP contribution in [0.4, 0.5) is 4.39 Å². The van der Waals surface area contributed by atoms with Crippen molar-refractivity contribution >= 4 is 17.2 Å². The number of carbonyl (C=O) groups excluding carboxylic acids is 1. The van der Waals surface area contributed by atoms with Gasteiger partial charge in [0.25, 0.3) is 5.91 Å². The third-order valence-corrected chi connectivity index (χ3v) is 5.79. The van der Waals surface area contributed by atoms with E-state index in [4.69, 9.17) is 4.42 Å². The van der Waals surface area contributed by atoms with Gasteiger partial charge in [0.05, 0.1) is 23.4 Å². The number of thiophene rings is 1. The Kier molecular flexibility index (Phi) is 5.77. The summed E-state index contributed by atoms with van der Waals surface area (Å²) in [5.74, 6) is 0.490. The average Bonchev–Trinajstić information content (AvgIpc) is 3.61. The lowest BCUT2D eigenvalue weighted by atomic mass is 10.2. The van der Waals surface area contributed by atoms with E-state index in [9.17, 15) is 9.18 Å². The molecule has 0 radical (unpaired) electrons. The lowest BCUT2D eigenvalue weighted by Crippen LogP contribution is -2.31. The molecule has 0 atom stereocenters. The summed E-state index contributed by atoms with van der Waals surface area (Å²) in [5, 5.41) is 6.43. The summed E-state index contributed by atoms with van der Waals surface area (Å²) < 4.78 is 20.5. The van der Waals surface area contributed by atoms with E-state index >= 15 is 0 Å². The van der Waals surface area contributed by atoms with Crippen molar-refractivity contribution in [3.8, 4) is 16.4 Å². The molecule has 4 heterocycles. The zero-order chi connectivity index (χ0) is 22.6. The average molecular weight is 460 g/mol. The summed E-state index contributed by atoms with van der Waals surface area (Å²) >= 11 is 1.48. The third-order valence-electron chi connectivity index (χ3n) is 4.92. The monoisotopic (exact) mass is 459 g/mol. The molecule has 4 aromatic heterocycles. The molecular weight excluding hydrogens is 441 g/mol. The number of furan rings is 1. The van der Waals surface area contributed by atoms with Gasteiger partial charge in [-0.15, -0.1) is 16.4 Å². The highest BCUT2D eigenvalue weighted by atomic mass is 32.1. The van der Waals surface area contributed by atoms with Crippen molar-refractivity contribution in [3.63, 3.8) is 0 Å². The second-order valence-corrected chi connectivity index (χ2v) is 8.17. The molecule has 33 heavy (non-hydrogen) atoms. The third kappa shape index (κ3) is 4.58. The van der Waals surface area contributed by atoms with Crippen molar-refractivity contribution in [2.45, 2.75) is 13.1 Å². The van der Waals surface area contributed by atoms with Crippen molar-refractivity contribution < 1.29 is 13.6 Å². The van der Waals surface area contributed by atoms with E-state index in [1.54, 1.807) is 46.4 Å². The van der Waals surface area contributed by atoms with Crippen molar-refractivity contribution in [1.82, 2.24) is 24.6 Å². The maximum absolute atomic E-state index is 13.6. The number of aromatic nitrogens is 4. The number of hydrogen-bond acceptors (Lipinski definition) is 6. The minimum absolute atomic E-state index is 0.0400. The summed E-state index contributed by atoms with van der Waals surface area (Å²) in [6.07, 6.45) is 4.96. The smallest absolute Gasteiger partial charge is 0.294 e. The van der Waals surface area contributed by atoms with E-state index in [1.807, 2.05) is 35.7 Å². The molecule has 1 aromatic carbocycles. The van der Waals surface area contributed by atoms with E-state index in [0.29, 0.717) is 23.8 Å². The molecule has 0 saturated carbocycles. The largest absolute Gasteiger partial charge is 0.467 e. The Morgan fingerprint density at radius 1 is 1.06 bits per heavy atom. The zero-order valence-electron chi connectivity index (χ0n) is 17.3. The van der Waals surface area contributed by atoms with Gasteiger partial charge in [-0.1, -0.05) is 12.1 Å². The molecule has 0 aliphatic heterocycles. The lowest BCUT2D eigenvalue weighted by Gasteiger charge is -2.20. The second-order valence-electron chi connectivity index (χ2n) is 7.23. The van der Waals surface area contributed by atoms with Crippen LogP contribution < -0.4 is 0 Å². The Morgan fingerprint density at radius 3 is 2.64 bits per heavy atom. The fourth-order valence-corrected chi connectivity index (χ4v) is 4.07. The summed E-state index contributed by atoms with van der Waals surface area (Å²) in [6, 6.07) is 17.0. The van der Waals surface area contributed by atoms with Crippen LogP contribution in [0.3, 0.4) is 0 Å². The molecule has 0 saturated heterocycles. The normalized spacial score (nSPS) is 10.9.